The number of carbonyl (C=O) groups excluding carboxylic acids is 1. The van der Waals surface area contributed by atoms with Crippen molar-refractivity contribution >= 4 is 13.2 Å². The molecule has 0 aliphatic rings. The van der Waals surface area contributed by atoms with Gasteiger partial charge in [-0.1, -0.05) is 105 Å². The second kappa shape index (κ2) is 26.2. The van der Waals surface area contributed by atoms with Crippen LogP contribution < -0.4 is 5.11 Å². The molecule has 3 heteroatoms. The Morgan fingerprint density at radius 3 is 1.19 bits per heavy atom. The number of hydrogen-bond donors (Lipinski definition) is 0. The Balaban J connectivity index is 0. The van der Waals surface area contributed by atoms with Gasteiger partial charge in [0.25, 0.3) is 0 Å². The molecule has 0 atom stereocenters. The van der Waals surface area contributed by atoms with E-state index in [2.05, 4.69) is 34.6 Å². The second-order valence-corrected chi connectivity index (χ2v) is 14.1. The van der Waals surface area contributed by atoms with Gasteiger partial charge in [-0.2, -0.15) is 0 Å². The lowest BCUT2D eigenvalue weighted by atomic mass is 10.1. The molecule has 0 N–H and O–H groups in total. The van der Waals surface area contributed by atoms with Crippen molar-refractivity contribution in [2.24, 2.45) is 0 Å². The molecule has 0 radical (unpaired) electrons. The monoisotopic (exact) mass is 458 g/mol. The predicted molar refractivity (Wildman–Crippen MR) is 143 cm³/mol. The lowest BCUT2D eigenvalue weighted by molar-refractivity contribution is -0.305. The summed E-state index contributed by atoms with van der Waals surface area (Å²) in [4.78, 5) is 9.92. The van der Waals surface area contributed by atoms with Crippen LogP contribution in [0.2, 0.25) is 0 Å². The number of aliphatic carboxylic acids is 1. The van der Waals surface area contributed by atoms with Crippen molar-refractivity contribution in [3.63, 3.8) is 0 Å². The first-order valence-electron chi connectivity index (χ1n) is 14.1. The van der Waals surface area contributed by atoms with Crippen LogP contribution in [-0.4, -0.2) is 30.6 Å². The van der Waals surface area contributed by atoms with E-state index in [1.54, 1.807) is 24.6 Å². The van der Waals surface area contributed by atoms with E-state index in [1.807, 2.05) is 0 Å². The fourth-order valence-electron chi connectivity index (χ4n) is 4.25. The van der Waals surface area contributed by atoms with Gasteiger partial charge in [-0.25, -0.2) is 0 Å². The van der Waals surface area contributed by atoms with Crippen LogP contribution in [0.3, 0.4) is 0 Å². The summed E-state index contributed by atoms with van der Waals surface area (Å²) in [6, 6.07) is 0. The zero-order valence-electron chi connectivity index (χ0n) is 22.3. The molecule has 0 aromatic carbocycles. The van der Waals surface area contributed by atoms with E-state index in [9.17, 15) is 9.90 Å². The maximum Gasteiger partial charge on any atom is 0.0594 e. The molecule has 0 heterocycles. The molecule has 0 rings (SSSR count). The zero-order valence-corrected chi connectivity index (χ0v) is 23.2. The lowest BCUT2D eigenvalue weighted by Gasteiger charge is -2.28. The summed E-state index contributed by atoms with van der Waals surface area (Å²) in [5.74, 6) is -0.920. The third-order valence-corrected chi connectivity index (χ3v) is 11.5. The molecular formula is C28H59O2P. The first-order chi connectivity index (χ1) is 15.0. The van der Waals surface area contributed by atoms with Crippen LogP contribution in [0.1, 0.15) is 150 Å². The molecule has 0 spiro atoms. The van der Waals surface area contributed by atoms with Crippen LogP contribution in [0, 0.1) is 0 Å². The fraction of sp³-hybridized carbons (Fsp3) is 0.964. The Bertz CT molecular complexity index is 335. The molecule has 0 unspecified atom stereocenters. The van der Waals surface area contributed by atoms with E-state index in [0.717, 1.165) is 19.3 Å². The molecule has 0 aliphatic heterocycles. The minimum atomic E-state index is -0.920. The quantitative estimate of drug-likeness (QED) is 0.120. The fourth-order valence-corrected chi connectivity index (χ4v) is 9.45. The van der Waals surface area contributed by atoms with Crippen LogP contribution in [0.4, 0.5) is 0 Å². The van der Waals surface area contributed by atoms with Gasteiger partial charge in [0.15, 0.2) is 0 Å². The second-order valence-electron chi connectivity index (χ2n) is 9.60. The Morgan fingerprint density at radius 2 is 0.806 bits per heavy atom. The van der Waals surface area contributed by atoms with Crippen LogP contribution in [0.5, 0.6) is 0 Å². The minimum Gasteiger partial charge on any atom is -0.550 e. The predicted octanol–water partition coefficient (Wildman–Crippen LogP) is 8.86. The average Bonchev–Trinajstić information content (AvgIpc) is 2.77. The Kier molecular flexibility index (Phi) is 27.9. The van der Waals surface area contributed by atoms with E-state index in [0.29, 0.717) is 0 Å². The molecule has 2 nitrogen and oxygen atoms in total. The van der Waals surface area contributed by atoms with Gasteiger partial charge in [-0.3, -0.25) is 0 Å². The van der Waals surface area contributed by atoms with Gasteiger partial charge in [0.2, 0.25) is 0 Å². The zero-order chi connectivity index (χ0) is 23.6. The van der Waals surface area contributed by atoms with E-state index in [-0.39, 0.29) is 6.42 Å². The smallest absolute Gasteiger partial charge is 0.0594 e. The van der Waals surface area contributed by atoms with Crippen molar-refractivity contribution in [2.75, 3.05) is 24.6 Å². The van der Waals surface area contributed by atoms with Gasteiger partial charge in [0.05, 0.1) is 24.6 Å². The number of hydrogen-bond acceptors (Lipinski definition) is 2. The summed E-state index contributed by atoms with van der Waals surface area (Å²) in [6.07, 6.45) is 29.6. The highest BCUT2D eigenvalue weighted by Gasteiger charge is 2.34. The van der Waals surface area contributed by atoms with Crippen molar-refractivity contribution in [2.45, 2.75) is 150 Å². The van der Waals surface area contributed by atoms with Gasteiger partial charge in [-0.05, 0) is 44.9 Å². The number of carboxylic acid groups (broad SMARTS) is 1. The number of carboxylic acids is 1. The van der Waals surface area contributed by atoms with Crippen molar-refractivity contribution < 1.29 is 9.90 Å². The third-order valence-electron chi connectivity index (χ3n) is 6.43. The standard InChI is InChI=1S/C20H44P.C8H16O2/c1-5-9-13-14-15-16-20-21(17-10-6-2,18-11-7-3)19-12-8-4;1-2-3-4-5-6-7-8(9)10/h5-20H2,1-4H3;2-7H2,1H3,(H,9,10)/q+1;/p-1. The molecule has 31 heavy (non-hydrogen) atoms. The summed E-state index contributed by atoms with van der Waals surface area (Å²) in [5, 5.41) is 9.92. The van der Waals surface area contributed by atoms with Crippen LogP contribution in [0.15, 0.2) is 0 Å². The van der Waals surface area contributed by atoms with Gasteiger partial charge >= 0.3 is 0 Å². The maximum absolute atomic E-state index is 9.92. The number of unbranched alkanes of at least 4 members (excludes halogenated alkanes) is 12. The molecular weight excluding hydrogens is 399 g/mol. The molecule has 0 aromatic heterocycles. The van der Waals surface area contributed by atoms with Crippen LogP contribution in [0.25, 0.3) is 0 Å². The third kappa shape index (κ3) is 24.4. The first kappa shape index (κ1) is 33.1. The number of carbonyl (C=O) groups is 1. The van der Waals surface area contributed by atoms with Gasteiger partial charge in [-0.15, -0.1) is 0 Å². The van der Waals surface area contributed by atoms with Gasteiger partial charge in [0, 0.05) is 13.2 Å². The average molecular weight is 459 g/mol. The minimum absolute atomic E-state index is 0.226. The van der Waals surface area contributed by atoms with E-state index >= 15 is 0 Å². The van der Waals surface area contributed by atoms with Gasteiger partial charge in [0.1, 0.15) is 0 Å². The van der Waals surface area contributed by atoms with Gasteiger partial charge < -0.3 is 9.90 Å². The molecule has 0 bridgehead atoms. The molecule has 0 saturated heterocycles. The highest BCUT2D eigenvalue weighted by molar-refractivity contribution is 7.75. The molecule has 0 saturated carbocycles. The molecule has 0 aromatic rings. The highest BCUT2D eigenvalue weighted by Crippen LogP contribution is 2.61. The van der Waals surface area contributed by atoms with E-state index in [4.69, 9.17) is 0 Å². The number of rotatable bonds is 22. The summed E-state index contributed by atoms with van der Waals surface area (Å²) in [6.45, 7) is 11.6. The summed E-state index contributed by atoms with van der Waals surface area (Å²) in [7, 11) is -0.601. The summed E-state index contributed by atoms with van der Waals surface area (Å²) >= 11 is 0. The van der Waals surface area contributed by atoms with Crippen molar-refractivity contribution in [3.8, 4) is 0 Å². The first-order valence-corrected chi connectivity index (χ1v) is 16.6. The lowest BCUT2D eigenvalue weighted by Crippen LogP contribution is -2.21. The highest BCUT2D eigenvalue weighted by atomic mass is 31.2. The maximum atomic E-state index is 9.92. The summed E-state index contributed by atoms with van der Waals surface area (Å²) < 4.78 is 0. The normalized spacial score (nSPS) is 11.3. The SMILES string of the molecule is CCCCCCCC(=O)[O-].CCCCCCCC[P+](CCCC)(CCCC)CCCC. The van der Waals surface area contributed by atoms with E-state index < -0.39 is 13.2 Å². The van der Waals surface area contributed by atoms with Crippen molar-refractivity contribution in [3.05, 3.63) is 0 Å². The Labute approximate surface area is 198 Å². The molecule has 0 fully saturated rings. The Hall–Kier alpha value is -0.100. The Morgan fingerprint density at radius 1 is 0.484 bits per heavy atom. The molecule has 0 amide bonds. The molecule has 0 aliphatic carbocycles. The van der Waals surface area contributed by atoms with Crippen LogP contribution in [-0.2, 0) is 4.79 Å². The van der Waals surface area contributed by atoms with Crippen molar-refractivity contribution in [1.82, 2.24) is 0 Å². The topological polar surface area (TPSA) is 40.1 Å². The molecule has 188 valence electrons. The van der Waals surface area contributed by atoms with E-state index in [1.165, 1.54) is 89.9 Å². The largest absolute Gasteiger partial charge is 0.550 e. The van der Waals surface area contributed by atoms with Crippen molar-refractivity contribution in [1.29, 1.82) is 0 Å². The summed E-state index contributed by atoms with van der Waals surface area (Å²) in [5.41, 5.74) is 0. The van der Waals surface area contributed by atoms with Crippen LogP contribution >= 0.6 is 7.26 Å².